The molecule has 0 aliphatic heterocycles. The van der Waals surface area contributed by atoms with Crippen molar-refractivity contribution in [3.8, 4) is 12.3 Å². The molecule has 0 bridgehead atoms. The first-order chi connectivity index (χ1) is 6.74. The van der Waals surface area contributed by atoms with Gasteiger partial charge in [-0.3, -0.25) is 0 Å². The SMILES string of the molecule is C#CCC(CCC(C)OC)NCCC. The second kappa shape index (κ2) is 9.05. The summed E-state index contributed by atoms with van der Waals surface area (Å²) in [6.45, 7) is 5.30. The van der Waals surface area contributed by atoms with Crippen molar-refractivity contribution in [3.63, 3.8) is 0 Å². The summed E-state index contributed by atoms with van der Waals surface area (Å²) in [7, 11) is 1.75. The van der Waals surface area contributed by atoms with Crippen LogP contribution < -0.4 is 5.32 Å². The molecule has 0 aromatic carbocycles. The van der Waals surface area contributed by atoms with Gasteiger partial charge >= 0.3 is 0 Å². The summed E-state index contributed by atoms with van der Waals surface area (Å²) < 4.78 is 5.20. The van der Waals surface area contributed by atoms with Crippen LogP contribution in [0.1, 0.15) is 39.5 Å². The molecule has 0 aliphatic rings. The number of nitrogens with one attached hydrogen (secondary N) is 1. The van der Waals surface area contributed by atoms with Gasteiger partial charge in [-0.2, -0.15) is 0 Å². The Labute approximate surface area is 88.4 Å². The smallest absolute Gasteiger partial charge is 0.0543 e. The van der Waals surface area contributed by atoms with E-state index in [4.69, 9.17) is 11.2 Å². The fourth-order valence-electron chi connectivity index (χ4n) is 1.32. The van der Waals surface area contributed by atoms with E-state index < -0.39 is 0 Å². The summed E-state index contributed by atoms with van der Waals surface area (Å²) in [5, 5.41) is 3.45. The Morgan fingerprint density at radius 1 is 1.43 bits per heavy atom. The van der Waals surface area contributed by atoms with E-state index in [9.17, 15) is 0 Å². The zero-order valence-corrected chi connectivity index (χ0v) is 9.68. The molecule has 0 rings (SSSR count). The van der Waals surface area contributed by atoms with Gasteiger partial charge < -0.3 is 10.1 Å². The van der Waals surface area contributed by atoms with Crippen molar-refractivity contribution in [2.24, 2.45) is 0 Å². The first-order valence-electron chi connectivity index (χ1n) is 5.44. The van der Waals surface area contributed by atoms with E-state index in [2.05, 4.69) is 25.1 Å². The maximum atomic E-state index is 5.32. The van der Waals surface area contributed by atoms with E-state index in [1.165, 1.54) is 0 Å². The molecule has 2 atom stereocenters. The highest BCUT2D eigenvalue weighted by Gasteiger charge is 2.08. The van der Waals surface area contributed by atoms with Gasteiger partial charge in [-0.05, 0) is 32.7 Å². The Morgan fingerprint density at radius 3 is 2.64 bits per heavy atom. The van der Waals surface area contributed by atoms with E-state index in [0.717, 1.165) is 32.2 Å². The monoisotopic (exact) mass is 197 g/mol. The van der Waals surface area contributed by atoms with Gasteiger partial charge in [0.25, 0.3) is 0 Å². The molecule has 82 valence electrons. The minimum atomic E-state index is 0.332. The Kier molecular flexibility index (Phi) is 8.72. The van der Waals surface area contributed by atoms with Gasteiger partial charge in [0.1, 0.15) is 0 Å². The molecule has 2 heteroatoms. The van der Waals surface area contributed by atoms with Gasteiger partial charge in [-0.25, -0.2) is 0 Å². The van der Waals surface area contributed by atoms with Crippen LogP contribution in [-0.2, 0) is 4.74 Å². The van der Waals surface area contributed by atoms with E-state index in [-0.39, 0.29) is 0 Å². The summed E-state index contributed by atoms with van der Waals surface area (Å²) in [6, 6.07) is 0.456. The molecule has 0 saturated carbocycles. The number of rotatable bonds is 8. The molecular formula is C12H23NO. The van der Waals surface area contributed by atoms with Gasteiger partial charge in [0.15, 0.2) is 0 Å². The maximum Gasteiger partial charge on any atom is 0.0543 e. The van der Waals surface area contributed by atoms with Crippen molar-refractivity contribution in [1.29, 1.82) is 0 Å². The Hall–Kier alpha value is -0.520. The standard InChI is InChI=1S/C12H23NO/c1-5-7-12(13-10-6-2)9-8-11(3)14-4/h1,11-13H,6-10H2,2-4H3. The molecule has 1 N–H and O–H groups in total. The van der Waals surface area contributed by atoms with Crippen LogP contribution in [0.4, 0.5) is 0 Å². The lowest BCUT2D eigenvalue weighted by Crippen LogP contribution is -2.30. The van der Waals surface area contributed by atoms with Crippen LogP contribution in [0.25, 0.3) is 0 Å². The van der Waals surface area contributed by atoms with Gasteiger partial charge in [0.2, 0.25) is 0 Å². The molecule has 0 saturated heterocycles. The van der Waals surface area contributed by atoms with Gasteiger partial charge in [-0.1, -0.05) is 6.92 Å². The molecule has 0 aliphatic carbocycles. The fraction of sp³-hybridized carbons (Fsp3) is 0.833. The zero-order chi connectivity index (χ0) is 10.8. The Morgan fingerprint density at radius 2 is 2.14 bits per heavy atom. The molecule has 0 aromatic rings. The predicted molar refractivity (Wildman–Crippen MR) is 61.2 cm³/mol. The Balaban J connectivity index is 3.67. The predicted octanol–water partition coefficient (Wildman–Crippen LogP) is 2.19. The van der Waals surface area contributed by atoms with Crippen LogP contribution >= 0.6 is 0 Å². The van der Waals surface area contributed by atoms with Gasteiger partial charge in [-0.15, -0.1) is 12.3 Å². The normalized spacial score (nSPS) is 14.7. The van der Waals surface area contributed by atoms with Crippen molar-refractivity contribution in [3.05, 3.63) is 0 Å². The van der Waals surface area contributed by atoms with E-state index in [0.29, 0.717) is 12.1 Å². The average molecular weight is 197 g/mol. The number of hydrogen-bond acceptors (Lipinski definition) is 2. The third-order valence-electron chi connectivity index (χ3n) is 2.37. The number of ether oxygens (including phenoxy) is 1. The van der Waals surface area contributed by atoms with Crippen LogP contribution in [0.5, 0.6) is 0 Å². The molecule has 2 nitrogen and oxygen atoms in total. The molecular weight excluding hydrogens is 174 g/mol. The summed E-state index contributed by atoms with van der Waals surface area (Å²) in [4.78, 5) is 0. The second-order valence-electron chi connectivity index (χ2n) is 3.68. The van der Waals surface area contributed by atoms with Gasteiger partial charge in [0, 0.05) is 19.6 Å². The minimum absolute atomic E-state index is 0.332. The van der Waals surface area contributed by atoms with Crippen molar-refractivity contribution in [2.75, 3.05) is 13.7 Å². The number of hydrogen-bond donors (Lipinski definition) is 1. The highest BCUT2D eigenvalue weighted by atomic mass is 16.5. The van der Waals surface area contributed by atoms with Crippen LogP contribution in [0.3, 0.4) is 0 Å². The van der Waals surface area contributed by atoms with Crippen molar-refractivity contribution in [1.82, 2.24) is 5.32 Å². The van der Waals surface area contributed by atoms with Crippen LogP contribution in [0.2, 0.25) is 0 Å². The third-order valence-corrected chi connectivity index (χ3v) is 2.37. The van der Waals surface area contributed by atoms with E-state index in [1.807, 2.05) is 0 Å². The number of methoxy groups -OCH3 is 1. The van der Waals surface area contributed by atoms with Crippen molar-refractivity contribution < 1.29 is 4.74 Å². The second-order valence-corrected chi connectivity index (χ2v) is 3.68. The number of terminal acetylenes is 1. The summed E-state index contributed by atoms with van der Waals surface area (Å²) in [6.07, 6.45) is 9.79. The van der Waals surface area contributed by atoms with Crippen molar-refractivity contribution >= 4 is 0 Å². The molecule has 0 aromatic heterocycles. The fourth-order valence-corrected chi connectivity index (χ4v) is 1.32. The lowest BCUT2D eigenvalue weighted by molar-refractivity contribution is 0.106. The summed E-state index contributed by atoms with van der Waals surface area (Å²) >= 11 is 0. The molecule has 0 fully saturated rings. The third kappa shape index (κ3) is 6.94. The zero-order valence-electron chi connectivity index (χ0n) is 9.68. The quantitative estimate of drug-likeness (QED) is 0.602. The first-order valence-corrected chi connectivity index (χ1v) is 5.44. The van der Waals surface area contributed by atoms with Crippen LogP contribution in [0.15, 0.2) is 0 Å². The summed E-state index contributed by atoms with van der Waals surface area (Å²) in [5.74, 6) is 2.72. The van der Waals surface area contributed by atoms with E-state index >= 15 is 0 Å². The lowest BCUT2D eigenvalue weighted by Gasteiger charge is -2.17. The Bertz CT molecular complexity index is 162. The van der Waals surface area contributed by atoms with Crippen LogP contribution in [-0.4, -0.2) is 25.8 Å². The molecule has 14 heavy (non-hydrogen) atoms. The summed E-state index contributed by atoms with van der Waals surface area (Å²) in [5.41, 5.74) is 0. The molecule has 2 unspecified atom stereocenters. The topological polar surface area (TPSA) is 21.3 Å². The van der Waals surface area contributed by atoms with Crippen molar-refractivity contribution in [2.45, 2.75) is 51.7 Å². The highest BCUT2D eigenvalue weighted by Crippen LogP contribution is 2.06. The van der Waals surface area contributed by atoms with E-state index in [1.54, 1.807) is 7.11 Å². The lowest BCUT2D eigenvalue weighted by atomic mass is 10.1. The van der Waals surface area contributed by atoms with Crippen LogP contribution in [0, 0.1) is 12.3 Å². The minimum Gasteiger partial charge on any atom is -0.382 e. The maximum absolute atomic E-state index is 5.32. The highest BCUT2D eigenvalue weighted by molar-refractivity contribution is 4.89. The molecule has 0 amide bonds. The molecule has 0 heterocycles. The first kappa shape index (κ1) is 13.5. The molecule has 0 radical (unpaired) electrons. The van der Waals surface area contributed by atoms with Gasteiger partial charge in [0.05, 0.1) is 6.10 Å². The molecule has 0 spiro atoms. The average Bonchev–Trinajstić information content (AvgIpc) is 2.21. The largest absolute Gasteiger partial charge is 0.382 e.